The Bertz CT molecular complexity index is 817. The van der Waals surface area contributed by atoms with Crippen molar-refractivity contribution in [3.05, 3.63) is 22.8 Å². The zero-order chi connectivity index (χ0) is 22.1. The molecular weight excluding hydrogens is 396 g/mol. The predicted octanol–water partition coefficient (Wildman–Crippen LogP) is 2.92. The summed E-state index contributed by atoms with van der Waals surface area (Å²) in [5.41, 5.74) is 3.76. The summed E-state index contributed by atoms with van der Waals surface area (Å²) in [6, 6.07) is 0. The molecule has 172 valence electrons. The number of aldehydes is 1. The standard InChI is InChI=1S/C25H36O6/c1-13(2)15-7-8-24(3)9-10-25(4)16(18(15)24)6-5-14(11-26)20-22(25)31-23-21(30-20)19(28)17(27)12-29-23/h5,11,13,16-17,19-23,27-28H,6-10,12H2,1-4H3. The highest BCUT2D eigenvalue weighted by molar-refractivity contribution is 5.75. The van der Waals surface area contributed by atoms with Gasteiger partial charge in [0, 0.05) is 11.0 Å². The molecule has 2 N–H and O–H groups in total. The van der Waals surface area contributed by atoms with Crippen LogP contribution in [0.1, 0.15) is 59.8 Å². The first-order valence-electron chi connectivity index (χ1n) is 11.9. The average molecular weight is 433 g/mol. The number of ether oxygens (including phenoxy) is 3. The van der Waals surface area contributed by atoms with Gasteiger partial charge in [0.25, 0.3) is 0 Å². The molecule has 0 radical (unpaired) electrons. The third kappa shape index (κ3) is 3.13. The second kappa shape index (κ2) is 7.49. The fourth-order valence-electron chi connectivity index (χ4n) is 7.07. The normalized spacial score (nSPS) is 49.5. The van der Waals surface area contributed by atoms with Crippen LogP contribution < -0.4 is 0 Å². The van der Waals surface area contributed by atoms with E-state index >= 15 is 0 Å². The maximum absolute atomic E-state index is 12.1. The van der Waals surface area contributed by atoms with E-state index in [0.29, 0.717) is 11.5 Å². The van der Waals surface area contributed by atoms with Crippen LogP contribution in [0.2, 0.25) is 0 Å². The number of allylic oxidation sites excluding steroid dienone is 3. The summed E-state index contributed by atoms with van der Waals surface area (Å²) < 4.78 is 18.6. The lowest BCUT2D eigenvalue weighted by Crippen LogP contribution is -2.65. The predicted molar refractivity (Wildman–Crippen MR) is 114 cm³/mol. The molecule has 0 aromatic carbocycles. The molecule has 3 fully saturated rings. The Morgan fingerprint density at radius 1 is 1.16 bits per heavy atom. The molecule has 0 aromatic heterocycles. The summed E-state index contributed by atoms with van der Waals surface area (Å²) in [6.45, 7) is 9.30. The molecule has 0 bridgehead atoms. The van der Waals surface area contributed by atoms with Gasteiger partial charge in [-0.2, -0.15) is 0 Å². The van der Waals surface area contributed by atoms with Gasteiger partial charge in [-0.05, 0) is 49.4 Å². The molecule has 0 amide bonds. The van der Waals surface area contributed by atoms with E-state index in [4.69, 9.17) is 14.2 Å². The molecule has 5 aliphatic rings. The fraction of sp³-hybridized carbons (Fsp3) is 0.800. The summed E-state index contributed by atoms with van der Waals surface area (Å²) in [4.78, 5) is 12.1. The maximum Gasteiger partial charge on any atom is 0.187 e. The molecule has 3 aliphatic carbocycles. The minimum atomic E-state index is -1.10. The number of aliphatic hydroxyl groups excluding tert-OH is 2. The number of hydrogen-bond acceptors (Lipinski definition) is 6. The third-order valence-electron chi connectivity index (χ3n) is 8.99. The highest BCUT2D eigenvalue weighted by atomic mass is 16.7. The van der Waals surface area contributed by atoms with Gasteiger partial charge < -0.3 is 24.4 Å². The van der Waals surface area contributed by atoms with Crippen LogP contribution in [-0.2, 0) is 19.0 Å². The molecule has 6 nitrogen and oxygen atoms in total. The zero-order valence-corrected chi connectivity index (χ0v) is 19.0. The van der Waals surface area contributed by atoms with Gasteiger partial charge in [0.15, 0.2) is 6.29 Å². The summed E-state index contributed by atoms with van der Waals surface area (Å²) in [5.74, 6) is 0.800. The van der Waals surface area contributed by atoms with Gasteiger partial charge >= 0.3 is 0 Å². The quantitative estimate of drug-likeness (QED) is 0.516. The molecule has 2 saturated heterocycles. The fourth-order valence-corrected chi connectivity index (χ4v) is 7.07. The lowest BCUT2D eigenvalue weighted by molar-refractivity contribution is -0.358. The van der Waals surface area contributed by atoms with Crippen LogP contribution >= 0.6 is 0 Å². The third-order valence-corrected chi connectivity index (χ3v) is 8.99. The summed E-state index contributed by atoms with van der Waals surface area (Å²) in [6.07, 6.45) is 3.60. The van der Waals surface area contributed by atoms with Crippen LogP contribution in [0.5, 0.6) is 0 Å². The molecule has 2 aliphatic heterocycles. The summed E-state index contributed by atoms with van der Waals surface area (Å²) in [7, 11) is 0. The van der Waals surface area contributed by atoms with Crippen LogP contribution in [0.3, 0.4) is 0 Å². The van der Waals surface area contributed by atoms with E-state index < -0.39 is 30.7 Å². The Morgan fingerprint density at radius 3 is 2.65 bits per heavy atom. The number of aliphatic hydroxyl groups is 2. The summed E-state index contributed by atoms with van der Waals surface area (Å²) in [5, 5.41) is 20.5. The van der Waals surface area contributed by atoms with Gasteiger partial charge in [-0.1, -0.05) is 44.9 Å². The first kappa shape index (κ1) is 21.8. The van der Waals surface area contributed by atoms with Crippen molar-refractivity contribution < 1.29 is 29.2 Å². The van der Waals surface area contributed by atoms with E-state index in [9.17, 15) is 15.0 Å². The number of rotatable bonds is 2. The number of carbonyl (C=O) groups excluding carboxylic acids is 1. The van der Waals surface area contributed by atoms with Gasteiger partial charge in [-0.25, -0.2) is 0 Å². The van der Waals surface area contributed by atoms with Crippen molar-refractivity contribution in [2.75, 3.05) is 6.61 Å². The van der Waals surface area contributed by atoms with Crippen LogP contribution in [0.4, 0.5) is 0 Å². The molecule has 31 heavy (non-hydrogen) atoms. The van der Waals surface area contributed by atoms with Crippen molar-refractivity contribution in [3.8, 4) is 0 Å². The molecule has 5 rings (SSSR count). The zero-order valence-electron chi connectivity index (χ0n) is 19.0. The van der Waals surface area contributed by atoms with E-state index in [0.717, 1.165) is 32.0 Å². The first-order chi connectivity index (χ1) is 14.7. The minimum Gasteiger partial charge on any atom is -0.388 e. The van der Waals surface area contributed by atoms with Crippen LogP contribution in [0, 0.1) is 22.7 Å². The van der Waals surface area contributed by atoms with Crippen molar-refractivity contribution in [3.63, 3.8) is 0 Å². The van der Waals surface area contributed by atoms with Gasteiger partial charge in [0.05, 0.1) is 12.7 Å². The first-order valence-corrected chi connectivity index (χ1v) is 11.9. The van der Waals surface area contributed by atoms with Crippen molar-refractivity contribution in [1.82, 2.24) is 0 Å². The average Bonchev–Trinajstić information content (AvgIpc) is 3.04. The highest BCUT2D eigenvalue weighted by Crippen LogP contribution is 2.64. The van der Waals surface area contributed by atoms with Gasteiger partial charge in [0.2, 0.25) is 0 Å². The van der Waals surface area contributed by atoms with Crippen molar-refractivity contribution >= 4 is 6.29 Å². The Morgan fingerprint density at radius 2 is 1.94 bits per heavy atom. The Kier molecular flexibility index (Phi) is 5.26. The van der Waals surface area contributed by atoms with Gasteiger partial charge in [0.1, 0.15) is 30.7 Å². The van der Waals surface area contributed by atoms with E-state index in [1.54, 1.807) is 11.1 Å². The van der Waals surface area contributed by atoms with E-state index in [1.165, 1.54) is 6.42 Å². The molecule has 9 unspecified atom stereocenters. The van der Waals surface area contributed by atoms with Crippen LogP contribution in [0.25, 0.3) is 0 Å². The van der Waals surface area contributed by atoms with Crippen molar-refractivity contribution in [2.45, 2.75) is 96.6 Å². The molecule has 6 heteroatoms. The Labute approximate surface area is 184 Å². The van der Waals surface area contributed by atoms with E-state index in [-0.39, 0.29) is 29.5 Å². The number of hydrogen-bond donors (Lipinski definition) is 2. The smallest absolute Gasteiger partial charge is 0.187 e. The second-order valence-corrected chi connectivity index (χ2v) is 11.1. The summed E-state index contributed by atoms with van der Waals surface area (Å²) >= 11 is 0. The SMILES string of the molecule is CC(C)C1=C2C3CC=C(C=O)C4OC5C(OCC(O)C5O)OC4C3(C)CCC2(C)CC1. The largest absolute Gasteiger partial charge is 0.388 e. The van der Waals surface area contributed by atoms with E-state index in [1.807, 2.05) is 6.08 Å². The van der Waals surface area contributed by atoms with Crippen LogP contribution in [-0.4, -0.2) is 59.9 Å². The molecule has 0 spiro atoms. The Hall–Kier alpha value is -1.05. The van der Waals surface area contributed by atoms with Crippen molar-refractivity contribution in [1.29, 1.82) is 0 Å². The number of fused-ring (bicyclic) bond motifs is 6. The molecule has 9 atom stereocenters. The van der Waals surface area contributed by atoms with Crippen molar-refractivity contribution in [2.24, 2.45) is 22.7 Å². The Balaban J connectivity index is 1.58. The lowest BCUT2D eigenvalue weighted by atomic mass is 9.54. The monoisotopic (exact) mass is 432 g/mol. The molecule has 2 heterocycles. The minimum absolute atomic E-state index is 0.0142. The number of carbonyl (C=O) groups is 1. The lowest BCUT2D eigenvalue weighted by Gasteiger charge is -2.56. The highest BCUT2D eigenvalue weighted by Gasteiger charge is 2.61. The maximum atomic E-state index is 12.1. The van der Waals surface area contributed by atoms with E-state index in [2.05, 4.69) is 27.7 Å². The molecular formula is C25H36O6. The van der Waals surface area contributed by atoms with Gasteiger partial charge in [-0.15, -0.1) is 0 Å². The molecule has 1 saturated carbocycles. The van der Waals surface area contributed by atoms with Crippen LogP contribution in [0.15, 0.2) is 22.8 Å². The van der Waals surface area contributed by atoms with Gasteiger partial charge in [-0.3, -0.25) is 4.79 Å². The molecule has 0 aromatic rings. The topological polar surface area (TPSA) is 85.2 Å². The second-order valence-electron chi connectivity index (χ2n) is 11.1.